The Morgan fingerprint density at radius 3 is 3.05 bits per heavy atom. The molecule has 1 amide bonds. The smallest absolute Gasteiger partial charge is 0.252 e. The third kappa shape index (κ3) is 3.22. The Hall–Kier alpha value is -1.94. The van der Waals surface area contributed by atoms with Gasteiger partial charge >= 0.3 is 0 Å². The number of pyridine rings is 1. The Morgan fingerprint density at radius 1 is 1.38 bits per heavy atom. The number of aryl methyl sites for hydroxylation is 1. The van der Waals surface area contributed by atoms with E-state index in [0.29, 0.717) is 18.2 Å². The molecule has 0 aliphatic carbocycles. The molecule has 2 N–H and O–H groups in total. The van der Waals surface area contributed by atoms with Crippen LogP contribution in [0.1, 0.15) is 35.3 Å². The van der Waals surface area contributed by atoms with Crippen molar-refractivity contribution in [2.75, 3.05) is 13.1 Å². The van der Waals surface area contributed by atoms with Crippen LogP contribution < -0.4 is 10.6 Å². The summed E-state index contributed by atoms with van der Waals surface area (Å²) in [6.07, 6.45) is 3.61. The predicted octanol–water partition coefficient (Wildman–Crippen LogP) is 2.42. The number of carbonyl (C=O) groups excluding carboxylic acids is 1. The zero-order valence-electron chi connectivity index (χ0n) is 12.4. The average Bonchev–Trinajstić information content (AvgIpc) is 2.52. The van der Waals surface area contributed by atoms with Gasteiger partial charge in [-0.15, -0.1) is 0 Å². The number of hydrogen-bond donors (Lipinski definition) is 2. The molecule has 1 fully saturated rings. The van der Waals surface area contributed by atoms with E-state index >= 15 is 0 Å². The Kier molecular flexibility index (Phi) is 4.15. The van der Waals surface area contributed by atoms with Gasteiger partial charge in [-0.2, -0.15) is 0 Å². The fraction of sp³-hybridized carbons (Fsp3) is 0.412. The van der Waals surface area contributed by atoms with Crippen LogP contribution in [-0.2, 0) is 0 Å². The van der Waals surface area contributed by atoms with Crippen molar-refractivity contribution < 1.29 is 4.79 Å². The van der Waals surface area contributed by atoms with Crippen molar-refractivity contribution in [3.63, 3.8) is 0 Å². The minimum atomic E-state index is -0.0101. The van der Waals surface area contributed by atoms with Gasteiger partial charge in [-0.1, -0.05) is 24.6 Å². The van der Waals surface area contributed by atoms with Crippen molar-refractivity contribution in [3.05, 3.63) is 41.6 Å². The number of nitrogens with one attached hydrogen (secondary N) is 2. The topological polar surface area (TPSA) is 54.0 Å². The van der Waals surface area contributed by atoms with Crippen LogP contribution in [0.5, 0.6) is 0 Å². The highest BCUT2D eigenvalue weighted by Gasteiger charge is 2.16. The second-order valence-corrected chi connectivity index (χ2v) is 5.69. The van der Waals surface area contributed by atoms with E-state index in [1.54, 1.807) is 0 Å². The fourth-order valence-corrected chi connectivity index (χ4v) is 2.90. The molecule has 1 aromatic carbocycles. The lowest BCUT2D eigenvalue weighted by atomic mass is 10.0. The van der Waals surface area contributed by atoms with Crippen molar-refractivity contribution in [3.8, 4) is 0 Å². The molecule has 3 rings (SSSR count). The molecule has 1 atom stereocenters. The maximum atomic E-state index is 12.5. The fourth-order valence-electron chi connectivity index (χ4n) is 2.90. The van der Waals surface area contributed by atoms with Gasteiger partial charge in [0.05, 0.1) is 11.1 Å². The molecule has 1 unspecified atom stereocenters. The highest BCUT2D eigenvalue weighted by Crippen LogP contribution is 2.18. The van der Waals surface area contributed by atoms with Crippen molar-refractivity contribution in [2.24, 2.45) is 0 Å². The summed E-state index contributed by atoms with van der Waals surface area (Å²) < 4.78 is 0. The van der Waals surface area contributed by atoms with Gasteiger partial charge in [-0.3, -0.25) is 9.78 Å². The minimum absolute atomic E-state index is 0.0101. The largest absolute Gasteiger partial charge is 0.350 e. The molecule has 2 aromatic rings. The molecule has 0 saturated carbocycles. The first-order valence-electron chi connectivity index (χ1n) is 7.62. The van der Waals surface area contributed by atoms with Crippen LogP contribution in [-0.4, -0.2) is 30.0 Å². The Labute approximate surface area is 125 Å². The second kappa shape index (κ2) is 6.22. The Balaban J connectivity index is 1.77. The average molecular weight is 283 g/mol. The number of nitrogens with zero attached hydrogens (tertiary/aromatic N) is 1. The highest BCUT2D eigenvalue weighted by atomic mass is 16.1. The lowest BCUT2D eigenvalue weighted by molar-refractivity contribution is 0.0949. The molecule has 1 aromatic heterocycles. The summed E-state index contributed by atoms with van der Waals surface area (Å²) in [5, 5.41) is 7.42. The maximum Gasteiger partial charge on any atom is 0.252 e. The maximum absolute atomic E-state index is 12.5. The van der Waals surface area contributed by atoms with Gasteiger partial charge in [0.25, 0.3) is 5.91 Å². The van der Waals surface area contributed by atoms with Gasteiger partial charge in [0, 0.05) is 23.7 Å². The molecule has 1 aliphatic rings. The molecular formula is C17H21N3O. The van der Waals surface area contributed by atoms with Gasteiger partial charge in [-0.25, -0.2) is 0 Å². The monoisotopic (exact) mass is 283 g/mol. The van der Waals surface area contributed by atoms with Gasteiger partial charge in [0.2, 0.25) is 0 Å². The summed E-state index contributed by atoms with van der Waals surface area (Å²) >= 11 is 0. The summed E-state index contributed by atoms with van der Waals surface area (Å²) in [6, 6.07) is 10.1. The normalized spacial score (nSPS) is 18.6. The highest BCUT2D eigenvalue weighted by molar-refractivity contribution is 6.06. The Bertz CT molecular complexity index is 648. The van der Waals surface area contributed by atoms with Crippen molar-refractivity contribution in [1.29, 1.82) is 0 Å². The summed E-state index contributed by atoms with van der Waals surface area (Å²) in [5.41, 5.74) is 2.46. The van der Waals surface area contributed by atoms with E-state index in [2.05, 4.69) is 15.6 Å². The van der Waals surface area contributed by atoms with Gasteiger partial charge in [0.15, 0.2) is 0 Å². The van der Waals surface area contributed by atoms with E-state index in [-0.39, 0.29) is 5.91 Å². The van der Waals surface area contributed by atoms with Crippen LogP contribution in [0.3, 0.4) is 0 Å². The number of rotatable bonds is 3. The van der Waals surface area contributed by atoms with Crippen LogP contribution in [0, 0.1) is 6.92 Å². The SMILES string of the molecule is Cc1cc(C(=O)NCC2CCCCN2)c2ccccc2n1. The van der Waals surface area contributed by atoms with Gasteiger partial charge in [-0.05, 0) is 38.4 Å². The van der Waals surface area contributed by atoms with E-state index in [9.17, 15) is 4.79 Å². The standard InChI is InChI=1S/C17H21N3O/c1-12-10-15(14-7-2-3-8-16(14)20-12)17(21)19-11-13-6-4-5-9-18-13/h2-3,7-8,10,13,18H,4-6,9,11H2,1H3,(H,19,21). The first-order valence-corrected chi connectivity index (χ1v) is 7.62. The quantitative estimate of drug-likeness (QED) is 0.909. The van der Waals surface area contributed by atoms with Gasteiger partial charge < -0.3 is 10.6 Å². The van der Waals surface area contributed by atoms with Crippen molar-refractivity contribution in [2.45, 2.75) is 32.2 Å². The number of aromatic nitrogens is 1. The molecule has 4 nitrogen and oxygen atoms in total. The molecule has 21 heavy (non-hydrogen) atoms. The number of fused-ring (bicyclic) bond motifs is 1. The van der Waals surface area contributed by atoms with Crippen LogP contribution >= 0.6 is 0 Å². The number of hydrogen-bond acceptors (Lipinski definition) is 3. The molecule has 110 valence electrons. The van der Waals surface area contributed by atoms with Crippen LogP contribution in [0.2, 0.25) is 0 Å². The number of amides is 1. The van der Waals surface area contributed by atoms with E-state index < -0.39 is 0 Å². The van der Waals surface area contributed by atoms with E-state index in [4.69, 9.17) is 0 Å². The summed E-state index contributed by atoms with van der Waals surface area (Å²) in [4.78, 5) is 17.0. The zero-order chi connectivity index (χ0) is 14.7. The number of benzene rings is 1. The molecule has 0 spiro atoms. The van der Waals surface area contributed by atoms with Crippen LogP contribution in [0.25, 0.3) is 10.9 Å². The van der Waals surface area contributed by atoms with E-state index in [1.165, 1.54) is 12.8 Å². The van der Waals surface area contributed by atoms with Crippen LogP contribution in [0.4, 0.5) is 0 Å². The molecule has 1 aliphatic heterocycles. The number of para-hydroxylation sites is 1. The molecule has 0 radical (unpaired) electrons. The first kappa shape index (κ1) is 14.0. The summed E-state index contributed by atoms with van der Waals surface area (Å²) in [7, 11) is 0. The molecule has 4 heteroatoms. The van der Waals surface area contributed by atoms with Crippen molar-refractivity contribution in [1.82, 2.24) is 15.6 Å². The molecule has 0 bridgehead atoms. The Morgan fingerprint density at radius 2 is 2.24 bits per heavy atom. The third-order valence-electron chi connectivity index (χ3n) is 4.01. The van der Waals surface area contributed by atoms with Crippen molar-refractivity contribution >= 4 is 16.8 Å². The predicted molar refractivity (Wildman–Crippen MR) is 84.5 cm³/mol. The molecule has 1 saturated heterocycles. The number of piperidine rings is 1. The third-order valence-corrected chi connectivity index (χ3v) is 4.01. The minimum Gasteiger partial charge on any atom is -0.350 e. The zero-order valence-corrected chi connectivity index (χ0v) is 12.4. The lowest BCUT2D eigenvalue weighted by Crippen LogP contribution is -2.43. The number of carbonyl (C=O) groups is 1. The summed E-state index contributed by atoms with van der Waals surface area (Å²) in [6.45, 7) is 3.66. The summed E-state index contributed by atoms with van der Waals surface area (Å²) in [5.74, 6) is -0.0101. The van der Waals surface area contributed by atoms with Crippen LogP contribution in [0.15, 0.2) is 30.3 Å². The van der Waals surface area contributed by atoms with E-state index in [0.717, 1.165) is 29.6 Å². The lowest BCUT2D eigenvalue weighted by Gasteiger charge is -2.23. The van der Waals surface area contributed by atoms with E-state index in [1.807, 2.05) is 37.3 Å². The van der Waals surface area contributed by atoms with Gasteiger partial charge in [0.1, 0.15) is 0 Å². The first-order chi connectivity index (χ1) is 10.2. The molecule has 2 heterocycles. The molecular weight excluding hydrogens is 262 g/mol. The second-order valence-electron chi connectivity index (χ2n) is 5.69.